The van der Waals surface area contributed by atoms with Crippen LogP contribution < -0.4 is 5.73 Å². The molecule has 0 amide bonds. The summed E-state index contributed by atoms with van der Waals surface area (Å²) in [5.41, 5.74) is 6.41. The zero-order valence-electron chi connectivity index (χ0n) is 8.70. The first-order valence-corrected chi connectivity index (χ1v) is 4.78. The van der Waals surface area contributed by atoms with E-state index in [9.17, 15) is 15.2 Å². The Labute approximate surface area is 96.5 Å². The van der Waals surface area contributed by atoms with E-state index in [1.54, 1.807) is 18.2 Å². The van der Waals surface area contributed by atoms with Crippen LogP contribution in [0.5, 0.6) is 5.75 Å². The molecule has 1 aromatic heterocycles. The Balaban J connectivity index is 2.73. The summed E-state index contributed by atoms with van der Waals surface area (Å²) < 4.78 is 0. The first-order valence-electron chi connectivity index (χ1n) is 4.78. The zero-order valence-corrected chi connectivity index (χ0v) is 8.70. The molecule has 0 aliphatic rings. The second-order valence-electron chi connectivity index (χ2n) is 3.37. The third kappa shape index (κ3) is 1.87. The Morgan fingerprint density at radius 3 is 2.71 bits per heavy atom. The van der Waals surface area contributed by atoms with E-state index < -0.39 is 4.92 Å². The number of aromatic hydroxyl groups is 1. The molecule has 3 N–H and O–H groups in total. The summed E-state index contributed by atoms with van der Waals surface area (Å²) in [6, 6.07) is 7.59. The topological polar surface area (TPSA) is 102 Å². The summed E-state index contributed by atoms with van der Waals surface area (Å²) >= 11 is 0. The van der Waals surface area contributed by atoms with Gasteiger partial charge < -0.3 is 21.0 Å². The summed E-state index contributed by atoms with van der Waals surface area (Å²) in [6.07, 6.45) is 1.32. The summed E-state index contributed by atoms with van der Waals surface area (Å²) in [5, 5.41) is 20.6. The second kappa shape index (κ2) is 4.09. The predicted octanol–water partition coefficient (Wildman–Crippen LogP) is 1.94. The third-order valence-corrected chi connectivity index (χ3v) is 2.30. The summed E-state index contributed by atoms with van der Waals surface area (Å²) in [5.74, 6) is -0.443. The number of nitrogens with zero attached hydrogens (tertiary/aromatic N) is 2. The number of nitrogens with two attached hydrogens (primary N) is 1. The number of nitro groups is 1. The Morgan fingerprint density at radius 2 is 2.06 bits per heavy atom. The van der Waals surface area contributed by atoms with Crippen molar-refractivity contribution in [3.05, 3.63) is 46.6 Å². The molecule has 0 fully saturated rings. The van der Waals surface area contributed by atoms with Gasteiger partial charge in [-0.15, -0.1) is 0 Å². The number of benzene rings is 1. The van der Waals surface area contributed by atoms with Crippen molar-refractivity contribution in [2.75, 3.05) is 5.73 Å². The summed E-state index contributed by atoms with van der Waals surface area (Å²) in [7, 11) is 0. The molecule has 17 heavy (non-hydrogen) atoms. The van der Waals surface area contributed by atoms with Crippen molar-refractivity contribution < 1.29 is 10.0 Å². The highest BCUT2D eigenvalue weighted by molar-refractivity contribution is 5.85. The van der Waals surface area contributed by atoms with Crippen LogP contribution in [0, 0.1) is 10.1 Å². The maximum absolute atomic E-state index is 10.8. The van der Waals surface area contributed by atoms with Crippen LogP contribution in [0.25, 0.3) is 11.1 Å². The van der Waals surface area contributed by atoms with Crippen LogP contribution in [0.1, 0.15) is 0 Å². The van der Waals surface area contributed by atoms with Gasteiger partial charge in [0.25, 0.3) is 0 Å². The van der Waals surface area contributed by atoms with Crippen LogP contribution in [-0.2, 0) is 0 Å². The highest BCUT2D eigenvalue weighted by Gasteiger charge is 2.20. The number of pyridine rings is 1. The molecule has 86 valence electrons. The van der Waals surface area contributed by atoms with Gasteiger partial charge >= 0.3 is 5.82 Å². The quantitative estimate of drug-likeness (QED) is 0.467. The molecule has 0 aliphatic carbocycles. The highest BCUT2D eigenvalue weighted by atomic mass is 16.6. The van der Waals surface area contributed by atoms with Crippen LogP contribution >= 0.6 is 0 Å². The maximum atomic E-state index is 10.8. The van der Waals surface area contributed by atoms with Gasteiger partial charge in [0.05, 0.1) is 11.1 Å². The number of anilines is 1. The molecular weight excluding hydrogens is 222 g/mol. The second-order valence-corrected chi connectivity index (χ2v) is 3.37. The molecule has 2 rings (SSSR count). The molecule has 0 unspecified atom stereocenters. The van der Waals surface area contributed by atoms with Crippen molar-refractivity contribution in [2.45, 2.75) is 0 Å². The smallest absolute Gasteiger partial charge is 0.371 e. The lowest BCUT2D eigenvalue weighted by molar-refractivity contribution is -0.388. The summed E-state index contributed by atoms with van der Waals surface area (Å²) in [4.78, 5) is 13.9. The molecule has 1 aromatic carbocycles. The van der Waals surface area contributed by atoms with Gasteiger partial charge in [-0.2, -0.15) is 0 Å². The Kier molecular flexibility index (Phi) is 2.61. The Bertz CT molecular complexity index is 564. The minimum absolute atomic E-state index is 0.110. The van der Waals surface area contributed by atoms with Crippen molar-refractivity contribution >= 4 is 11.5 Å². The number of nitrogen functional groups attached to an aromatic ring is 1. The average molecular weight is 231 g/mol. The van der Waals surface area contributed by atoms with Crippen LogP contribution in [0.2, 0.25) is 0 Å². The number of rotatable bonds is 2. The van der Waals surface area contributed by atoms with Crippen LogP contribution in [-0.4, -0.2) is 15.0 Å². The van der Waals surface area contributed by atoms with Gasteiger partial charge in [-0.25, -0.2) is 0 Å². The van der Waals surface area contributed by atoms with Gasteiger partial charge in [0.2, 0.25) is 0 Å². The van der Waals surface area contributed by atoms with Gasteiger partial charge in [0, 0.05) is 5.69 Å². The van der Waals surface area contributed by atoms with Crippen LogP contribution in [0.4, 0.5) is 11.5 Å². The fraction of sp³-hybridized carbons (Fsp3) is 0. The highest BCUT2D eigenvalue weighted by Crippen LogP contribution is 2.38. The number of aromatic nitrogens is 1. The third-order valence-electron chi connectivity index (χ3n) is 2.30. The number of phenolic OH excluding ortho intramolecular Hbond substituents is 1. The molecule has 6 heteroatoms. The molecule has 0 saturated heterocycles. The molecule has 2 aromatic rings. The minimum Gasteiger partial charge on any atom is -0.507 e. The van der Waals surface area contributed by atoms with Gasteiger partial charge in [0.15, 0.2) is 0 Å². The van der Waals surface area contributed by atoms with E-state index in [2.05, 4.69) is 4.98 Å². The molecule has 0 atom stereocenters. The molecule has 6 nitrogen and oxygen atoms in total. The van der Waals surface area contributed by atoms with Crippen molar-refractivity contribution in [3.8, 4) is 16.9 Å². The lowest BCUT2D eigenvalue weighted by atomic mass is 10.0. The van der Waals surface area contributed by atoms with E-state index in [0.717, 1.165) is 0 Å². The van der Waals surface area contributed by atoms with E-state index in [4.69, 9.17) is 5.73 Å². The van der Waals surface area contributed by atoms with E-state index in [0.29, 0.717) is 0 Å². The first kappa shape index (κ1) is 10.9. The van der Waals surface area contributed by atoms with E-state index in [1.165, 1.54) is 18.3 Å². The summed E-state index contributed by atoms with van der Waals surface area (Å²) in [6.45, 7) is 0. The number of hydrogen-bond donors (Lipinski definition) is 2. The van der Waals surface area contributed by atoms with Crippen LogP contribution in [0.3, 0.4) is 0 Å². The normalized spacial score (nSPS) is 10.1. The average Bonchev–Trinajstić information content (AvgIpc) is 2.29. The fourth-order valence-corrected chi connectivity index (χ4v) is 1.59. The Morgan fingerprint density at radius 1 is 1.29 bits per heavy atom. The van der Waals surface area contributed by atoms with Gasteiger partial charge in [0.1, 0.15) is 11.9 Å². The fourth-order valence-electron chi connectivity index (χ4n) is 1.59. The van der Waals surface area contributed by atoms with E-state index in [1.807, 2.05) is 0 Å². The monoisotopic (exact) mass is 231 g/mol. The maximum Gasteiger partial charge on any atom is 0.371 e. The standard InChI is InChI=1S/C11H9N3O3/c12-8-4-1-5-9(15)10(8)7-3-2-6-13-11(7)14(16)17/h1-6,15H,12H2. The molecule has 1 heterocycles. The molecule has 0 bridgehead atoms. The first-order chi connectivity index (χ1) is 8.11. The van der Waals surface area contributed by atoms with Crippen molar-refractivity contribution in [1.29, 1.82) is 0 Å². The van der Waals surface area contributed by atoms with Gasteiger partial charge in [-0.05, 0) is 34.2 Å². The lowest BCUT2D eigenvalue weighted by Gasteiger charge is -2.07. The molecule has 0 aliphatic heterocycles. The predicted molar refractivity (Wildman–Crippen MR) is 62.4 cm³/mol. The number of phenols is 1. The number of hydrogen-bond acceptors (Lipinski definition) is 5. The lowest BCUT2D eigenvalue weighted by Crippen LogP contribution is -1.97. The molecule has 0 spiro atoms. The minimum atomic E-state index is -0.610. The van der Waals surface area contributed by atoms with Crippen LogP contribution in [0.15, 0.2) is 36.5 Å². The van der Waals surface area contributed by atoms with E-state index >= 15 is 0 Å². The van der Waals surface area contributed by atoms with Crippen molar-refractivity contribution in [1.82, 2.24) is 4.98 Å². The SMILES string of the molecule is Nc1cccc(O)c1-c1cccnc1[N+](=O)[O-]. The molecular formula is C11H9N3O3. The van der Waals surface area contributed by atoms with Crippen molar-refractivity contribution in [2.24, 2.45) is 0 Å². The van der Waals surface area contributed by atoms with Gasteiger partial charge in [-0.3, -0.25) is 0 Å². The molecule has 0 saturated carbocycles. The van der Waals surface area contributed by atoms with Crippen molar-refractivity contribution in [3.63, 3.8) is 0 Å². The largest absolute Gasteiger partial charge is 0.507 e. The zero-order chi connectivity index (χ0) is 12.4. The molecule has 0 radical (unpaired) electrons. The van der Waals surface area contributed by atoms with E-state index in [-0.39, 0.29) is 28.4 Å². The Hall–Kier alpha value is -2.63. The van der Waals surface area contributed by atoms with Gasteiger partial charge in [-0.1, -0.05) is 6.07 Å².